The molecule has 0 fully saturated rings. The summed E-state index contributed by atoms with van der Waals surface area (Å²) >= 11 is 0. The largest absolute Gasteiger partial charge is 0.333 e. The molecule has 1 rings (SSSR count). The summed E-state index contributed by atoms with van der Waals surface area (Å²) in [5.41, 5.74) is 7.35. The Hall–Kier alpha value is -1.61. The van der Waals surface area contributed by atoms with E-state index in [1.54, 1.807) is 6.08 Å². The van der Waals surface area contributed by atoms with Gasteiger partial charge in [-0.05, 0) is 38.4 Å². The van der Waals surface area contributed by atoms with Gasteiger partial charge in [-0.1, -0.05) is 24.3 Å². The smallest absolute Gasteiger partial charge is 0.254 e. The molecule has 1 aromatic rings. The van der Waals surface area contributed by atoms with E-state index in [0.29, 0.717) is 13.1 Å². The van der Waals surface area contributed by atoms with Crippen molar-refractivity contribution in [3.8, 4) is 0 Å². The first-order valence-corrected chi connectivity index (χ1v) is 6.31. The lowest BCUT2D eigenvalue weighted by Gasteiger charge is -2.26. The monoisotopic (exact) mass is 246 g/mol. The third-order valence-corrected chi connectivity index (χ3v) is 2.87. The summed E-state index contributed by atoms with van der Waals surface area (Å²) in [6, 6.07) is 7.81. The molecule has 0 bridgehead atoms. The van der Waals surface area contributed by atoms with E-state index in [9.17, 15) is 4.79 Å². The van der Waals surface area contributed by atoms with Crippen LogP contribution in [0.1, 0.15) is 29.8 Å². The Labute approximate surface area is 109 Å². The molecule has 1 aromatic carbocycles. The van der Waals surface area contributed by atoms with Gasteiger partial charge in [-0.15, -0.1) is 6.58 Å². The molecule has 0 aromatic heterocycles. The molecule has 0 aliphatic heterocycles. The van der Waals surface area contributed by atoms with Crippen molar-refractivity contribution in [2.75, 3.05) is 13.1 Å². The van der Waals surface area contributed by atoms with Crippen molar-refractivity contribution in [3.05, 3.63) is 48.0 Å². The number of carbonyl (C=O) groups is 1. The fraction of sp³-hybridized carbons (Fsp3) is 0.400. The van der Waals surface area contributed by atoms with Gasteiger partial charge in [0.2, 0.25) is 0 Å². The maximum Gasteiger partial charge on any atom is 0.254 e. The van der Waals surface area contributed by atoms with E-state index in [2.05, 4.69) is 6.58 Å². The second-order valence-corrected chi connectivity index (χ2v) is 4.54. The Bertz CT molecular complexity index is 413. The van der Waals surface area contributed by atoms with Crippen molar-refractivity contribution in [2.45, 2.75) is 26.3 Å². The van der Waals surface area contributed by atoms with Crippen LogP contribution in [0.15, 0.2) is 36.9 Å². The molecule has 98 valence electrons. The first-order chi connectivity index (χ1) is 8.61. The number of nitrogens with zero attached hydrogens (tertiary/aromatic N) is 1. The number of nitrogens with two attached hydrogens (primary N) is 1. The highest BCUT2D eigenvalue weighted by atomic mass is 16.2. The van der Waals surface area contributed by atoms with Crippen molar-refractivity contribution in [1.29, 1.82) is 0 Å². The minimum atomic E-state index is 0.0500. The van der Waals surface area contributed by atoms with Crippen LogP contribution < -0.4 is 5.73 Å². The Morgan fingerprint density at radius 2 is 2.11 bits per heavy atom. The van der Waals surface area contributed by atoms with Gasteiger partial charge in [-0.2, -0.15) is 0 Å². The van der Waals surface area contributed by atoms with Crippen LogP contribution in [0.3, 0.4) is 0 Å². The highest BCUT2D eigenvalue weighted by molar-refractivity contribution is 5.96. The first-order valence-electron chi connectivity index (χ1n) is 6.31. The van der Waals surface area contributed by atoms with E-state index in [1.165, 1.54) is 0 Å². The normalized spacial score (nSPS) is 10.4. The number of carbonyl (C=O) groups excluding carboxylic acids is 1. The zero-order chi connectivity index (χ0) is 13.5. The molecule has 0 aliphatic rings. The molecule has 3 heteroatoms. The van der Waals surface area contributed by atoms with E-state index in [4.69, 9.17) is 5.73 Å². The van der Waals surface area contributed by atoms with Gasteiger partial charge in [0.15, 0.2) is 0 Å². The van der Waals surface area contributed by atoms with Crippen molar-refractivity contribution in [2.24, 2.45) is 5.73 Å². The van der Waals surface area contributed by atoms with Gasteiger partial charge in [0.05, 0.1) is 0 Å². The molecule has 0 heterocycles. The molecule has 0 unspecified atom stereocenters. The van der Waals surface area contributed by atoms with Gasteiger partial charge in [0, 0.05) is 18.2 Å². The molecular formula is C15H22N2O. The number of hydrogen-bond donors (Lipinski definition) is 1. The quantitative estimate of drug-likeness (QED) is 0.782. The average molecular weight is 246 g/mol. The number of hydrogen-bond acceptors (Lipinski definition) is 2. The van der Waals surface area contributed by atoms with Gasteiger partial charge in [-0.25, -0.2) is 0 Å². The summed E-state index contributed by atoms with van der Waals surface area (Å²) in [5.74, 6) is 0.0500. The van der Waals surface area contributed by atoms with Crippen molar-refractivity contribution < 1.29 is 4.79 Å². The zero-order valence-electron chi connectivity index (χ0n) is 11.2. The lowest BCUT2D eigenvalue weighted by molar-refractivity contribution is 0.0727. The molecule has 18 heavy (non-hydrogen) atoms. The Morgan fingerprint density at radius 1 is 1.44 bits per heavy atom. The van der Waals surface area contributed by atoms with Crippen LogP contribution in [0.4, 0.5) is 0 Å². The summed E-state index contributed by atoms with van der Waals surface area (Å²) in [4.78, 5) is 14.3. The van der Waals surface area contributed by atoms with Gasteiger partial charge in [0.25, 0.3) is 5.91 Å². The van der Waals surface area contributed by atoms with Crippen LogP contribution in [-0.4, -0.2) is 29.9 Å². The van der Waals surface area contributed by atoms with E-state index in [1.807, 2.05) is 43.0 Å². The predicted molar refractivity (Wildman–Crippen MR) is 75.6 cm³/mol. The molecular weight excluding hydrogens is 224 g/mol. The van der Waals surface area contributed by atoms with E-state index in [-0.39, 0.29) is 11.9 Å². The highest BCUT2D eigenvalue weighted by Crippen LogP contribution is 2.14. The summed E-state index contributed by atoms with van der Waals surface area (Å²) in [7, 11) is 0. The van der Waals surface area contributed by atoms with Crippen LogP contribution >= 0.6 is 0 Å². The topological polar surface area (TPSA) is 46.3 Å². The maximum absolute atomic E-state index is 12.5. The number of rotatable bonds is 6. The van der Waals surface area contributed by atoms with Crippen LogP contribution in [0, 0.1) is 0 Å². The van der Waals surface area contributed by atoms with Crippen LogP contribution in [0.25, 0.3) is 0 Å². The van der Waals surface area contributed by atoms with Crippen LogP contribution in [0.5, 0.6) is 0 Å². The second kappa shape index (κ2) is 6.97. The molecule has 0 atom stereocenters. The van der Waals surface area contributed by atoms with Crippen LogP contribution in [0.2, 0.25) is 0 Å². The number of amides is 1. The average Bonchev–Trinajstić information content (AvgIpc) is 2.36. The van der Waals surface area contributed by atoms with E-state index in [0.717, 1.165) is 17.5 Å². The van der Waals surface area contributed by atoms with Gasteiger partial charge in [-0.3, -0.25) is 4.79 Å². The maximum atomic E-state index is 12.5. The minimum absolute atomic E-state index is 0.0500. The highest BCUT2D eigenvalue weighted by Gasteiger charge is 2.19. The lowest BCUT2D eigenvalue weighted by atomic mass is 10.0. The lowest BCUT2D eigenvalue weighted by Crippen LogP contribution is -2.37. The Kier molecular flexibility index (Phi) is 5.59. The molecule has 0 spiro atoms. The van der Waals surface area contributed by atoms with Gasteiger partial charge in [0.1, 0.15) is 0 Å². The molecule has 0 radical (unpaired) electrons. The summed E-state index contributed by atoms with van der Waals surface area (Å²) < 4.78 is 0. The van der Waals surface area contributed by atoms with E-state index >= 15 is 0 Å². The summed E-state index contributed by atoms with van der Waals surface area (Å²) in [6.07, 6.45) is 2.48. The van der Waals surface area contributed by atoms with Gasteiger partial charge < -0.3 is 10.6 Å². The van der Waals surface area contributed by atoms with Crippen molar-refractivity contribution >= 4 is 5.91 Å². The fourth-order valence-electron chi connectivity index (χ4n) is 1.92. The summed E-state index contributed by atoms with van der Waals surface area (Å²) in [5, 5.41) is 0. The van der Waals surface area contributed by atoms with Gasteiger partial charge >= 0.3 is 0 Å². The first kappa shape index (κ1) is 14.5. The molecule has 0 saturated carbocycles. The van der Waals surface area contributed by atoms with Crippen molar-refractivity contribution in [1.82, 2.24) is 4.90 Å². The minimum Gasteiger partial charge on any atom is -0.333 e. The molecule has 3 nitrogen and oxygen atoms in total. The molecule has 0 saturated heterocycles. The predicted octanol–water partition coefficient (Wildman–Crippen LogP) is 2.22. The van der Waals surface area contributed by atoms with Crippen molar-refractivity contribution in [3.63, 3.8) is 0 Å². The van der Waals surface area contributed by atoms with Crippen LogP contribution in [-0.2, 0) is 6.42 Å². The standard InChI is InChI=1S/C15H22N2O/c1-4-11-17(12(2)3)15(18)14-8-6-5-7-13(14)9-10-16/h4-8,12H,1,9-11,16H2,2-3H3. The third-order valence-electron chi connectivity index (χ3n) is 2.87. The Morgan fingerprint density at radius 3 is 2.67 bits per heavy atom. The van der Waals surface area contributed by atoms with E-state index < -0.39 is 0 Å². The molecule has 0 aliphatic carbocycles. The Balaban J connectivity index is 3.04. The second-order valence-electron chi connectivity index (χ2n) is 4.54. The number of benzene rings is 1. The fourth-order valence-corrected chi connectivity index (χ4v) is 1.92. The SMILES string of the molecule is C=CCN(C(=O)c1ccccc1CCN)C(C)C. The summed E-state index contributed by atoms with van der Waals surface area (Å²) in [6.45, 7) is 8.83. The zero-order valence-corrected chi connectivity index (χ0v) is 11.2. The molecule has 2 N–H and O–H groups in total. The molecule has 1 amide bonds. The third kappa shape index (κ3) is 3.44.